The Kier molecular flexibility index (Phi) is 7.84. The number of anilines is 1. The molecule has 154 valence electrons. The van der Waals surface area contributed by atoms with Crippen LogP contribution in [-0.2, 0) is 16.1 Å². The molecule has 0 aliphatic rings. The Morgan fingerprint density at radius 3 is 2.38 bits per heavy atom. The van der Waals surface area contributed by atoms with Gasteiger partial charge in [0.25, 0.3) is 0 Å². The molecule has 0 aromatic heterocycles. The number of nitrogen functional groups attached to an aromatic ring is 1. The van der Waals surface area contributed by atoms with E-state index in [4.69, 9.17) is 20.6 Å². The average Bonchev–Trinajstić information content (AvgIpc) is 2.74. The van der Waals surface area contributed by atoms with E-state index in [9.17, 15) is 9.59 Å². The standard InChI is InChI=1S/C20H25N5O4/c1-28-16-7-6-13(8-17(16)29-2)10-24-19(27)12-25-18(26)11-23-15-5-3-4-14(9-15)20(21)22/h3-9,23H,10-12H2,1-2H3,(H3,21,22)(H,24,27)(H,25,26). The fourth-order valence-corrected chi connectivity index (χ4v) is 2.47. The van der Waals surface area contributed by atoms with Gasteiger partial charge in [-0.3, -0.25) is 15.0 Å². The fraction of sp³-hybridized carbons (Fsp3) is 0.250. The van der Waals surface area contributed by atoms with Gasteiger partial charge in [0.2, 0.25) is 11.8 Å². The van der Waals surface area contributed by atoms with Crippen molar-refractivity contribution in [2.75, 3.05) is 32.6 Å². The number of nitrogens with one attached hydrogen (secondary N) is 4. The van der Waals surface area contributed by atoms with Crippen LogP contribution >= 0.6 is 0 Å². The molecule has 0 atom stereocenters. The Labute approximate surface area is 169 Å². The quantitative estimate of drug-likeness (QED) is 0.296. The normalized spacial score (nSPS) is 10.0. The van der Waals surface area contributed by atoms with Crippen molar-refractivity contribution in [3.63, 3.8) is 0 Å². The number of rotatable bonds is 10. The predicted molar refractivity (Wildman–Crippen MR) is 110 cm³/mol. The molecule has 6 N–H and O–H groups in total. The zero-order chi connectivity index (χ0) is 21.2. The largest absolute Gasteiger partial charge is 0.493 e. The lowest BCUT2D eigenvalue weighted by atomic mass is 10.2. The van der Waals surface area contributed by atoms with Crippen LogP contribution in [0.2, 0.25) is 0 Å². The third-order valence-electron chi connectivity index (χ3n) is 4.01. The van der Waals surface area contributed by atoms with Crippen LogP contribution in [0.3, 0.4) is 0 Å². The summed E-state index contributed by atoms with van der Waals surface area (Å²) in [5.74, 6) is 0.485. The van der Waals surface area contributed by atoms with Crippen molar-refractivity contribution in [2.24, 2.45) is 5.73 Å². The summed E-state index contributed by atoms with van der Waals surface area (Å²) in [7, 11) is 3.09. The summed E-state index contributed by atoms with van der Waals surface area (Å²) in [6.07, 6.45) is 0. The van der Waals surface area contributed by atoms with Gasteiger partial charge in [-0.2, -0.15) is 0 Å². The van der Waals surface area contributed by atoms with Gasteiger partial charge >= 0.3 is 0 Å². The molecule has 9 nitrogen and oxygen atoms in total. The van der Waals surface area contributed by atoms with Crippen molar-refractivity contribution in [1.82, 2.24) is 10.6 Å². The number of benzene rings is 2. The van der Waals surface area contributed by atoms with Gasteiger partial charge in [-0.25, -0.2) is 0 Å². The minimum absolute atomic E-state index is 0.00961. The molecule has 9 heteroatoms. The highest BCUT2D eigenvalue weighted by atomic mass is 16.5. The molecule has 0 aliphatic heterocycles. The molecule has 0 saturated heterocycles. The van der Waals surface area contributed by atoms with Crippen molar-refractivity contribution in [3.8, 4) is 11.5 Å². The molecule has 0 radical (unpaired) electrons. The lowest BCUT2D eigenvalue weighted by Gasteiger charge is -2.11. The second kappa shape index (κ2) is 10.5. The highest BCUT2D eigenvalue weighted by Gasteiger charge is 2.08. The monoisotopic (exact) mass is 399 g/mol. The van der Waals surface area contributed by atoms with Gasteiger partial charge in [-0.1, -0.05) is 18.2 Å². The lowest BCUT2D eigenvalue weighted by Crippen LogP contribution is -2.39. The van der Waals surface area contributed by atoms with Crippen LogP contribution in [0.15, 0.2) is 42.5 Å². The van der Waals surface area contributed by atoms with Crippen molar-refractivity contribution >= 4 is 23.3 Å². The van der Waals surface area contributed by atoms with Gasteiger partial charge in [0.05, 0.1) is 27.3 Å². The first-order valence-corrected chi connectivity index (χ1v) is 8.85. The molecule has 2 amide bonds. The zero-order valence-corrected chi connectivity index (χ0v) is 16.4. The summed E-state index contributed by atoms with van der Waals surface area (Å²) in [4.78, 5) is 23.9. The number of carbonyl (C=O) groups is 2. The third kappa shape index (κ3) is 6.73. The first kappa shape index (κ1) is 21.5. The van der Waals surface area contributed by atoms with E-state index in [1.807, 2.05) is 6.07 Å². The van der Waals surface area contributed by atoms with Crippen LogP contribution in [0.5, 0.6) is 11.5 Å². The molecule has 2 aromatic carbocycles. The molecule has 0 aliphatic carbocycles. The van der Waals surface area contributed by atoms with E-state index in [0.717, 1.165) is 5.56 Å². The molecule has 0 fully saturated rings. The topological polar surface area (TPSA) is 139 Å². The number of amides is 2. The van der Waals surface area contributed by atoms with E-state index in [1.165, 1.54) is 0 Å². The Balaban J connectivity index is 1.74. The maximum atomic E-state index is 12.0. The van der Waals surface area contributed by atoms with Gasteiger partial charge in [0.1, 0.15) is 5.84 Å². The molecular formula is C20H25N5O4. The average molecular weight is 399 g/mol. The Bertz CT molecular complexity index is 885. The molecule has 0 saturated carbocycles. The van der Waals surface area contributed by atoms with Crippen molar-refractivity contribution in [3.05, 3.63) is 53.6 Å². The molecule has 0 unspecified atom stereocenters. The molecule has 29 heavy (non-hydrogen) atoms. The van der Waals surface area contributed by atoms with Crippen LogP contribution in [0.25, 0.3) is 0 Å². The van der Waals surface area contributed by atoms with Crippen molar-refractivity contribution in [2.45, 2.75) is 6.54 Å². The number of hydrogen-bond acceptors (Lipinski definition) is 6. The molecule has 2 aromatic rings. The number of hydrogen-bond donors (Lipinski definition) is 5. The SMILES string of the molecule is COc1ccc(CNC(=O)CNC(=O)CNc2cccc(C(=N)N)c2)cc1OC. The Morgan fingerprint density at radius 2 is 1.69 bits per heavy atom. The number of ether oxygens (including phenoxy) is 2. The summed E-state index contributed by atoms with van der Waals surface area (Å²) < 4.78 is 10.4. The van der Waals surface area contributed by atoms with E-state index in [1.54, 1.807) is 50.6 Å². The number of nitrogens with two attached hydrogens (primary N) is 1. The van der Waals surface area contributed by atoms with Crippen LogP contribution in [-0.4, -0.2) is 45.0 Å². The number of carbonyl (C=O) groups excluding carboxylic acids is 2. The molecule has 2 rings (SSSR count). The van der Waals surface area contributed by atoms with Crippen LogP contribution in [0.4, 0.5) is 5.69 Å². The second-order valence-corrected chi connectivity index (χ2v) is 6.09. The maximum absolute atomic E-state index is 12.0. The van der Waals surface area contributed by atoms with Gasteiger partial charge in [-0.15, -0.1) is 0 Å². The van der Waals surface area contributed by atoms with E-state index in [0.29, 0.717) is 29.3 Å². The minimum Gasteiger partial charge on any atom is -0.493 e. The smallest absolute Gasteiger partial charge is 0.239 e. The van der Waals surface area contributed by atoms with E-state index in [2.05, 4.69) is 16.0 Å². The summed E-state index contributed by atoms with van der Waals surface area (Å²) in [5.41, 5.74) is 7.50. The van der Waals surface area contributed by atoms with E-state index in [-0.39, 0.29) is 30.7 Å². The van der Waals surface area contributed by atoms with Gasteiger partial charge in [0, 0.05) is 17.8 Å². The first-order valence-electron chi connectivity index (χ1n) is 8.85. The lowest BCUT2D eigenvalue weighted by molar-refractivity contribution is -0.125. The third-order valence-corrected chi connectivity index (χ3v) is 4.01. The van der Waals surface area contributed by atoms with E-state index >= 15 is 0 Å². The number of methoxy groups -OCH3 is 2. The minimum atomic E-state index is -0.334. The highest BCUT2D eigenvalue weighted by Crippen LogP contribution is 2.27. The van der Waals surface area contributed by atoms with Gasteiger partial charge in [0.15, 0.2) is 11.5 Å². The van der Waals surface area contributed by atoms with Crippen LogP contribution in [0.1, 0.15) is 11.1 Å². The molecular weight excluding hydrogens is 374 g/mol. The first-order chi connectivity index (χ1) is 13.9. The zero-order valence-electron chi connectivity index (χ0n) is 16.4. The Morgan fingerprint density at radius 1 is 0.966 bits per heavy atom. The Hall–Kier alpha value is -3.75. The van der Waals surface area contributed by atoms with Crippen LogP contribution < -0.4 is 31.2 Å². The predicted octanol–water partition coefficient (Wildman–Crippen LogP) is 0.832. The molecule has 0 heterocycles. The molecule has 0 spiro atoms. The summed E-state index contributed by atoms with van der Waals surface area (Å²) in [5, 5.41) is 15.6. The number of amidine groups is 1. The molecule has 0 bridgehead atoms. The van der Waals surface area contributed by atoms with Crippen LogP contribution in [0, 0.1) is 5.41 Å². The van der Waals surface area contributed by atoms with Crippen molar-refractivity contribution in [1.29, 1.82) is 5.41 Å². The van der Waals surface area contributed by atoms with Gasteiger partial charge < -0.3 is 31.2 Å². The van der Waals surface area contributed by atoms with Gasteiger partial charge in [-0.05, 0) is 29.8 Å². The summed E-state index contributed by atoms with van der Waals surface area (Å²) in [6, 6.07) is 12.2. The second-order valence-electron chi connectivity index (χ2n) is 6.09. The van der Waals surface area contributed by atoms with E-state index < -0.39 is 0 Å². The summed E-state index contributed by atoms with van der Waals surface area (Å²) >= 11 is 0. The van der Waals surface area contributed by atoms with Crippen molar-refractivity contribution < 1.29 is 19.1 Å². The highest BCUT2D eigenvalue weighted by molar-refractivity contribution is 5.96. The maximum Gasteiger partial charge on any atom is 0.239 e. The summed E-state index contributed by atoms with van der Waals surface area (Å²) in [6.45, 7) is 0.150. The fourth-order valence-electron chi connectivity index (χ4n) is 2.47.